The average Bonchev–Trinajstić information content (AvgIpc) is 2.40. The van der Waals surface area contributed by atoms with Crippen molar-refractivity contribution >= 4 is 0 Å². The molecule has 18 heavy (non-hydrogen) atoms. The van der Waals surface area contributed by atoms with Crippen LogP contribution in [0.4, 0.5) is 0 Å². The molecule has 2 heteroatoms. The third-order valence-electron chi connectivity index (χ3n) is 3.24. The Balaban J connectivity index is 2.14. The van der Waals surface area contributed by atoms with E-state index in [-0.39, 0.29) is 5.41 Å². The van der Waals surface area contributed by atoms with Gasteiger partial charge < -0.3 is 10.5 Å². The summed E-state index contributed by atoms with van der Waals surface area (Å²) in [5.74, 6) is 1.73. The summed E-state index contributed by atoms with van der Waals surface area (Å²) in [4.78, 5) is 0. The minimum atomic E-state index is 0.116. The summed E-state index contributed by atoms with van der Waals surface area (Å²) in [6.07, 6.45) is 0. The van der Waals surface area contributed by atoms with Gasteiger partial charge in [-0.15, -0.1) is 0 Å². The second-order valence-corrected chi connectivity index (χ2v) is 5.07. The lowest BCUT2D eigenvalue weighted by Crippen LogP contribution is -2.58. The maximum absolute atomic E-state index is 5.76. The molecule has 0 heterocycles. The summed E-state index contributed by atoms with van der Waals surface area (Å²) in [7, 11) is 0. The van der Waals surface area contributed by atoms with E-state index >= 15 is 0 Å². The molecule has 2 rings (SSSR count). The Labute approximate surface area is 108 Å². The number of para-hydroxylation sites is 1. The highest BCUT2D eigenvalue weighted by atomic mass is 16.5. The van der Waals surface area contributed by atoms with Gasteiger partial charge in [0.1, 0.15) is 11.5 Å². The first-order valence-corrected chi connectivity index (χ1v) is 6.24. The minimum absolute atomic E-state index is 0.116. The SMILES string of the molecule is CC(C)(C[NH3+])c1ccc(Oc2ccccc2)cc1. The number of rotatable bonds is 4. The maximum Gasteiger partial charge on any atom is 0.127 e. The van der Waals surface area contributed by atoms with Crippen LogP contribution in [-0.2, 0) is 5.41 Å². The number of quaternary nitrogens is 1. The number of hydrogen-bond donors (Lipinski definition) is 1. The Hall–Kier alpha value is -1.80. The van der Waals surface area contributed by atoms with Gasteiger partial charge in [-0.3, -0.25) is 0 Å². The molecule has 2 aromatic rings. The molecule has 0 saturated heterocycles. The third kappa shape index (κ3) is 2.90. The number of benzene rings is 2. The second-order valence-electron chi connectivity index (χ2n) is 5.07. The van der Waals surface area contributed by atoms with Gasteiger partial charge in [-0.25, -0.2) is 0 Å². The molecular formula is C16H20NO+. The van der Waals surface area contributed by atoms with Crippen LogP contribution < -0.4 is 10.5 Å². The molecule has 2 nitrogen and oxygen atoms in total. The molecule has 0 spiro atoms. The molecule has 0 radical (unpaired) electrons. The van der Waals surface area contributed by atoms with E-state index in [1.54, 1.807) is 0 Å². The van der Waals surface area contributed by atoms with Gasteiger partial charge in [0.2, 0.25) is 0 Å². The first kappa shape index (κ1) is 12.7. The summed E-state index contributed by atoms with van der Waals surface area (Å²) in [6.45, 7) is 5.28. The van der Waals surface area contributed by atoms with Crippen LogP contribution in [0.3, 0.4) is 0 Å². The Morgan fingerprint density at radius 1 is 0.889 bits per heavy atom. The van der Waals surface area contributed by atoms with Crippen molar-refractivity contribution in [2.75, 3.05) is 6.54 Å². The van der Waals surface area contributed by atoms with Gasteiger partial charge in [0.25, 0.3) is 0 Å². The Morgan fingerprint density at radius 2 is 1.44 bits per heavy atom. The van der Waals surface area contributed by atoms with Crippen LogP contribution in [-0.4, -0.2) is 6.54 Å². The van der Waals surface area contributed by atoms with Crippen molar-refractivity contribution < 1.29 is 10.5 Å². The molecule has 0 bridgehead atoms. The zero-order chi connectivity index (χ0) is 13.0. The smallest absolute Gasteiger partial charge is 0.127 e. The zero-order valence-corrected chi connectivity index (χ0v) is 11.0. The highest BCUT2D eigenvalue weighted by Gasteiger charge is 2.20. The molecule has 0 amide bonds. The third-order valence-corrected chi connectivity index (χ3v) is 3.24. The largest absolute Gasteiger partial charge is 0.457 e. The van der Waals surface area contributed by atoms with Crippen LogP contribution in [0.25, 0.3) is 0 Å². The van der Waals surface area contributed by atoms with Crippen molar-refractivity contribution in [1.82, 2.24) is 0 Å². The lowest BCUT2D eigenvalue weighted by atomic mass is 9.85. The van der Waals surface area contributed by atoms with E-state index in [9.17, 15) is 0 Å². The van der Waals surface area contributed by atoms with Crippen molar-refractivity contribution in [3.63, 3.8) is 0 Å². The first-order chi connectivity index (χ1) is 8.62. The summed E-state index contributed by atoms with van der Waals surface area (Å²) >= 11 is 0. The fourth-order valence-corrected chi connectivity index (χ4v) is 1.74. The zero-order valence-electron chi connectivity index (χ0n) is 11.0. The van der Waals surface area contributed by atoms with Gasteiger partial charge in [0, 0.05) is 5.41 Å². The number of ether oxygens (including phenoxy) is 1. The standard InChI is InChI=1S/C16H19NO/c1-16(2,12-17)13-8-10-15(11-9-13)18-14-6-4-3-5-7-14/h3-11H,12,17H2,1-2H3/p+1. The van der Waals surface area contributed by atoms with E-state index in [4.69, 9.17) is 4.74 Å². The van der Waals surface area contributed by atoms with Crippen molar-refractivity contribution in [2.24, 2.45) is 0 Å². The topological polar surface area (TPSA) is 36.9 Å². The van der Waals surface area contributed by atoms with Crippen LogP contribution in [0, 0.1) is 0 Å². The van der Waals surface area contributed by atoms with Crippen LogP contribution in [0.2, 0.25) is 0 Å². The van der Waals surface area contributed by atoms with Crippen molar-refractivity contribution in [3.8, 4) is 11.5 Å². The normalized spacial score (nSPS) is 11.3. The van der Waals surface area contributed by atoms with E-state index < -0.39 is 0 Å². The molecule has 0 fully saturated rings. The monoisotopic (exact) mass is 242 g/mol. The van der Waals surface area contributed by atoms with Crippen LogP contribution >= 0.6 is 0 Å². The van der Waals surface area contributed by atoms with Crippen LogP contribution in [0.5, 0.6) is 11.5 Å². The summed E-state index contributed by atoms with van der Waals surface area (Å²) in [6, 6.07) is 18.1. The summed E-state index contributed by atoms with van der Waals surface area (Å²) in [5.41, 5.74) is 5.40. The van der Waals surface area contributed by atoms with Crippen molar-refractivity contribution in [2.45, 2.75) is 19.3 Å². The molecule has 2 aromatic carbocycles. The van der Waals surface area contributed by atoms with Gasteiger partial charge in [0.15, 0.2) is 0 Å². The quantitative estimate of drug-likeness (QED) is 0.879. The Kier molecular flexibility index (Phi) is 3.68. The molecular weight excluding hydrogens is 222 g/mol. The second kappa shape index (κ2) is 5.23. The van der Waals surface area contributed by atoms with E-state index in [1.165, 1.54) is 5.56 Å². The van der Waals surface area contributed by atoms with E-state index in [1.807, 2.05) is 42.5 Å². The highest BCUT2D eigenvalue weighted by Crippen LogP contribution is 2.26. The van der Waals surface area contributed by atoms with E-state index in [0.29, 0.717) is 0 Å². The Morgan fingerprint density at radius 3 is 2.00 bits per heavy atom. The predicted octanol–water partition coefficient (Wildman–Crippen LogP) is 3.00. The minimum Gasteiger partial charge on any atom is -0.457 e. The summed E-state index contributed by atoms with van der Waals surface area (Å²) < 4.78 is 5.76. The van der Waals surface area contributed by atoms with Gasteiger partial charge >= 0.3 is 0 Å². The molecule has 0 aliphatic rings. The fraction of sp³-hybridized carbons (Fsp3) is 0.250. The van der Waals surface area contributed by atoms with Gasteiger partial charge in [0.05, 0.1) is 6.54 Å². The molecule has 0 unspecified atom stereocenters. The molecule has 0 saturated carbocycles. The summed E-state index contributed by atoms with van der Waals surface area (Å²) in [5, 5.41) is 0. The first-order valence-electron chi connectivity index (χ1n) is 6.24. The lowest BCUT2D eigenvalue weighted by molar-refractivity contribution is -0.380. The maximum atomic E-state index is 5.76. The Bertz CT molecular complexity index is 488. The van der Waals surface area contributed by atoms with E-state index in [0.717, 1.165) is 18.0 Å². The van der Waals surface area contributed by atoms with E-state index in [2.05, 4.69) is 31.7 Å². The van der Waals surface area contributed by atoms with Gasteiger partial charge in [-0.05, 0) is 29.8 Å². The van der Waals surface area contributed by atoms with Crippen molar-refractivity contribution in [1.29, 1.82) is 0 Å². The molecule has 0 aromatic heterocycles. The van der Waals surface area contributed by atoms with Gasteiger partial charge in [-0.1, -0.05) is 44.2 Å². The van der Waals surface area contributed by atoms with Crippen molar-refractivity contribution in [3.05, 3.63) is 60.2 Å². The molecule has 0 aliphatic heterocycles. The lowest BCUT2D eigenvalue weighted by Gasteiger charge is -2.20. The number of hydrogen-bond acceptors (Lipinski definition) is 1. The van der Waals surface area contributed by atoms with Crippen LogP contribution in [0.1, 0.15) is 19.4 Å². The molecule has 0 atom stereocenters. The molecule has 94 valence electrons. The fourth-order valence-electron chi connectivity index (χ4n) is 1.74. The average molecular weight is 242 g/mol. The molecule has 0 aliphatic carbocycles. The van der Waals surface area contributed by atoms with Gasteiger partial charge in [-0.2, -0.15) is 0 Å². The highest BCUT2D eigenvalue weighted by molar-refractivity contribution is 5.35. The molecule has 3 N–H and O–H groups in total. The predicted molar refractivity (Wildman–Crippen MR) is 73.7 cm³/mol. The van der Waals surface area contributed by atoms with Crippen LogP contribution in [0.15, 0.2) is 54.6 Å².